The average Bonchev–Trinajstić information content (AvgIpc) is 2.39. The summed E-state index contributed by atoms with van der Waals surface area (Å²) in [6.45, 7) is 0. The monoisotopic (exact) mass is 258 g/mol. The van der Waals surface area contributed by atoms with Crippen LogP contribution in [0, 0.1) is 10.1 Å². The number of nitro benzene ring substituents is 1. The first-order valence-corrected chi connectivity index (χ1v) is 5.39. The summed E-state index contributed by atoms with van der Waals surface area (Å²) < 4.78 is 4.88. The van der Waals surface area contributed by atoms with Gasteiger partial charge in [0.05, 0.1) is 4.92 Å². The lowest BCUT2D eigenvalue weighted by atomic mass is 10.0. The highest BCUT2D eigenvalue weighted by atomic mass is 16.6. The Kier molecular flexibility index (Phi) is 3.42. The van der Waals surface area contributed by atoms with Crippen LogP contribution in [0.5, 0.6) is 5.75 Å². The number of nitrogens with two attached hydrogens (primary N) is 1. The molecule has 2 N–H and O–H groups in total. The van der Waals surface area contributed by atoms with Crippen LogP contribution < -0.4 is 10.5 Å². The summed E-state index contributed by atoms with van der Waals surface area (Å²) in [7, 11) is 0. The van der Waals surface area contributed by atoms with E-state index in [1.165, 1.54) is 12.1 Å². The van der Waals surface area contributed by atoms with Gasteiger partial charge in [0.25, 0.3) is 5.69 Å². The van der Waals surface area contributed by atoms with E-state index in [1.807, 2.05) is 0 Å². The van der Waals surface area contributed by atoms with Gasteiger partial charge < -0.3 is 10.5 Å². The smallest absolute Gasteiger partial charge is 0.409 e. The van der Waals surface area contributed by atoms with Gasteiger partial charge in [0, 0.05) is 17.7 Å². The molecule has 2 rings (SSSR count). The molecule has 0 aliphatic heterocycles. The molecule has 0 unspecified atom stereocenters. The van der Waals surface area contributed by atoms with E-state index < -0.39 is 11.0 Å². The molecule has 0 atom stereocenters. The highest BCUT2D eigenvalue weighted by molar-refractivity contribution is 5.76. The number of rotatable bonds is 3. The SMILES string of the molecule is NC(=O)Oc1ccccc1-c1ccc([N+](=O)[O-])cc1. The molecule has 1 amide bonds. The van der Waals surface area contributed by atoms with Crippen LogP contribution in [0.15, 0.2) is 48.5 Å². The van der Waals surface area contributed by atoms with Crippen LogP contribution in [-0.4, -0.2) is 11.0 Å². The van der Waals surface area contributed by atoms with Gasteiger partial charge in [0.2, 0.25) is 0 Å². The molecule has 2 aromatic carbocycles. The molecule has 6 heteroatoms. The van der Waals surface area contributed by atoms with Gasteiger partial charge in [-0.3, -0.25) is 10.1 Å². The molecule has 0 spiro atoms. The molecule has 0 aliphatic rings. The Morgan fingerprint density at radius 1 is 1.11 bits per heavy atom. The molecule has 0 heterocycles. The fraction of sp³-hybridized carbons (Fsp3) is 0. The van der Waals surface area contributed by atoms with Crippen LogP contribution in [0.25, 0.3) is 11.1 Å². The number of nitro groups is 1. The topological polar surface area (TPSA) is 95.5 Å². The number of carbonyl (C=O) groups excluding carboxylic acids is 1. The summed E-state index contributed by atoms with van der Waals surface area (Å²) in [5.41, 5.74) is 6.31. The second-order valence-corrected chi connectivity index (χ2v) is 3.72. The van der Waals surface area contributed by atoms with Crippen LogP contribution in [-0.2, 0) is 0 Å². The Morgan fingerprint density at radius 3 is 2.32 bits per heavy atom. The molecule has 0 aliphatic carbocycles. The van der Waals surface area contributed by atoms with Gasteiger partial charge in [0.15, 0.2) is 0 Å². The van der Waals surface area contributed by atoms with Crippen LogP contribution >= 0.6 is 0 Å². The Balaban J connectivity index is 2.41. The number of para-hydroxylation sites is 1. The number of ether oxygens (including phenoxy) is 1. The summed E-state index contributed by atoms with van der Waals surface area (Å²) in [4.78, 5) is 20.9. The van der Waals surface area contributed by atoms with Crippen molar-refractivity contribution in [3.05, 3.63) is 58.6 Å². The number of benzene rings is 2. The molecule has 0 radical (unpaired) electrons. The number of primary amides is 1. The largest absolute Gasteiger partial charge is 0.410 e. The van der Waals surface area contributed by atoms with E-state index in [1.54, 1.807) is 36.4 Å². The zero-order chi connectivity index (χ0) is 13.8. The highest BCUT2D eigenvalue weighted by Gasteiger charge is 2.10. The van der Waals surface area contributed by atoms with E-state index in [0.29, 0.717) is 16.9 Å². The standard InChI is InChI=1S/C13H10N2O4/c14-13(16)19-12-4-2-1-3-11(12)9-5-7-10(8-6-9)15(17)18/h1-8H,(H2,14,16). The van der Waals surface area contributed by atoms with E-state index >= 15 is 0 Å². The Hall–Kier alpha value is -2.89. The van der Waals surface area contributed by atoms with Crippen LogP contribution in [0.3, 0.4) is 0 Å². The number of hydrogen-bond acceptors (Lipinski definition) is 4. The van der Waals surface area contributed by atoms with Crippen molar-refractivity contribution < 1.29 is 14.5 Å². The second kappa shape index (κ2) is 5.18. The summed E-state index contributed by atoms with van der Waals surface area (Å²) in [6, 6.07) is 12.7. The third kappa shape index (κ3) is 2.86. The maximum atomic E-state index is 10.8. The third-order valence-corrected chi connectivity index (χ3v) is 2.49. The fourth-order valence-electron chi connectivity index (χ4n) is 1.67. The van der Waals surface area contributed by atoms with Gasteiger partial charge in [-0.25, -0.2) is 4.79 Å². The van der Waals surface area contributed by atoms with Crippen molar-refractivity contribution in [3.63, 3.8) is 0 Å². The Morgan fingerprint density at radius 2 is 1.74 bits per heavy atom. The van der Waals surface area contributed by atoms with Gasteiger partial charge in [-0.15, -0.1) is 0 Å². The summed E-state index contributed by atoms with van der Waals surface area (Å²) in [5, 5.41) is 10.6. The number of hydrogen-bond donors (Lipinski definition) is 1. The zero-order valence-electron chi connectivity index (χ0n) is 9.78. The van der Waals surface area contributed by atoms with Crippen molar-refractivity contribution in [2.24, 2.45) is 5.73 Å². The summed E-state index contributed by atoms with van der Waals surface area (Å²) in [5.74, 6) is 0.309. The van der Waals surface area contributed by atoms with E-state index in [0.717, 1.165) is 0 Å². The lowest BCUT2D eigenvalue weighted by Gasteiger charge is -2.08. The average molecular weight is 258 g/mol. The highest BCUT2D eigenvalue weighted by Crippen LogP contribution is 2.30. The van der Waals surface area contributed by atoms with E-state index in [-0.39, 0.29) is 5.69 Å². The predicted octanol–water partition coefficient (Wildman–Crippen LogP) is 2.72. The van der Waals surface area contributed by atoms with Crippen molar-refractivity contribution in [1.82, 2.24) is 0 Å². The zero-order valence-corrected chi connectivity index (χ0v) is 9.78. The molecule has 0 bridgehead atoms. The first-order valence-electron chi connectivity index (χ1n) is 5.39. The lowest BCUT2D eigenvalue weighted by molar-refractivity contribution is -0.384. The van der Waals surface area contributed by atoms with Crippen LogP contribution in [0.2, 0.25) is 0 Å². The molecular formula is C13H10N2O4. The number of amides is 1. The van der Waals surface area contributed by atoms with Gasteiger partial charge in [-0.2, -0.15) is 0 Å². The fourth-order valence-corrected chi connectivity index (χ4v) is 1.67. The minimum Gasteiger partial charge on any atom is -0.410 e. The predicted molar refractivity (Wildman–Crippen MR) is 68.7 cm³/mol. The van der Waals surface area contributed by atoms with E-state index in [9.17, 15) is 14.9 Å². The maximum absolute atomic E-state index is 10.8. The lowest BCUT2D eigenvalue weighted by Crippen LogP contribution is -2.16. The minimum atomic E-state index is -0.908. The van der Waals surface area contributed by atoms with Crippen molar-refractivity contribution in [3.8, 4) is 16.9 Å². The first-order chi connectivity index (χ1) is 9.08. The number of carbonyl (C=O) groups is 1. The first kappa shape index (κ1) is 12.6. The molecular weight excluding hydrogens is 248 g/mol. The van der Waals surface area contributed by atoms with Crippen molar-refractivity contribution in [2.75, 3.05) is 0 Å². The van der Waals surface area contributed by atoms with Gasteiger partial charge in [0.1, 0.15) is 5.75 Å². The normalized spacial score (nSPS) is 9.89. The van der Waals surface area contributed by atoms with Crippen LogP contribution in [0.1, 0.15) is 0 Å². The quantitative estimate of drug-likeness (QED) is 0.676. The number of non-ortho nitro benzene ring substituents is 1. The van der Waals surface area contributed by atoms with Gasteiger partial charge in [-0.05, 0) is 23.8 Å². The molecule has 0 aromatic heterocycles. The van der Waals surface area contributed by atoms with E-state index in [4.69, 9.17) is 10.5 Å². The Bertz CT molecular complexity index is 623. The molecule has 6 nitrogen and oxygen atoms in total. The minimum absolute atomic E-state index is 0.00273. The second-order valence-electron chi connectivity index (χ2n) is 3.72. The maximum Gasteiger partial charge on any atom is 0.409 e. The molecule has 0 saturated heterocycles. The van der Waals surface area contributed by atoms with Crippen molar-refractivity contribution in [1.29, 1.82) is 0 Å². The van der Waals surface area contributed by atoms with Crippen molar-refractivity contribution in [2.45, 2.75) is 0 Å². The third-order valence-electron chi connectivity index (χ3n) is 2.49. The van der Waals surface area contributed by atoms with Crippen LogP contribution in [0.4, 0.5) is 10.5 Å². The molecule has 0 saturated carbocycles. The molecule has 0 fully saturated rings. The molecule has 96 valence electrons. The van der Waals surface area contributed by atoms with Gasteiger partial charge >= 0.3 is 6.09 Å². The van der Waals surface area contributed by atoms with E-state index in [2.05, 4.69) is 0 Å². The Labute approximate surface area is 108 Å². The van der Waals surface area contributed by atoms with Gasteiger partial charge in [-0.1, -0.05) is 18.2 Å². The summed E-state index contributed by atoms with van der Waals surface area (Å²) in [6.07, 6.45) is -0.908. The number of nitrogens with zero attached hydrogens (tertiary/aromatic N) is 1. The summed E-state index contributed by atoms with van der Waals surface area (Å²) >= 11 is 0. The molecule has 19 heavy (non-hydrogen) atoms. The van der Waals surface area contributed by atoms with Crippen molar-refractivity contribution >= 4 is 11.8 Å². The molecule has 2 aromatic rings.